The van der Waals surface area contributed by atoms with Crippen LogP contribution in [0.5, 0.6) is 0 Å². The Bertz CT molecular complexity index is 523. The number of hydrogen-bond donors (Lipinski definition) is 1. The van der Waals surface area contributed by atoms with E-state index in [-0.39, 0.29) is 11.8 Å². The highest BCUT2D eigenvalue weighted by Crippen LogP contribution is 2.25. The SMILES string of the molecule is O=C(NCCn1ccn2nccc12)C1CCC1. The molecule has 17 heavy (non-hydrogen) atoms. The maximum absolute atomic E-state index is 11.6. The zero-order valence-corrected chi connectivity index (χ0v) is 9.67. The fourth-order valence-electron chi connectivity index (χ4n) is 2.17. The zero-order valence-electron chi connectivity index (χ0n) is 9.67. The third kappa shape index (κ3) is 1.92. The molecular formula is C12H16N4O. The summed E-state index contributed by atoms with van der Waals surface area (Å²) < 4.78 is 3.92. The van der Waals surface area contributed by atoms with Crippen LogP contribution in [0.15, 0.2) is 24.7 Å². The van der Waals surface area contributed by atoms with Crippen molar-refractivity contribution in [2.45, 2.75) is 25.8 Å². The topological polar surface area (TPSA) is 51.3 Å². The third-order valence-electron chi connectivity index (χ3n) is 3.46. The van der Waals surface area contributed by atoms with Crippen LogP contribution in [0.1, 0.15) is 19.3 Å². The molecule has 1 saturated carbocycles. The molecule has 1 aliphatic rings. The zero-order chi connectivity index (χ0) is 11.7. The van der Waals surface area contributed by atoms with E-state index in [4.69, 9.17) is 0 Å². The summed E-state index contributed by atoms with van der Waals surface area (Å²) in [5, 5.41) is 7.13. The lowest BCUT2D eigenvalue weighted by atomic mass is 9.85. The number of fused-ring (bicyclic) bond motifs is 1. The molecule has 1 aliphatic carbocycles. The minimum atomic E-state index is 0.216. The normalized spacial score (nSPS) is 16.0. The Hall–Kier alpha value is -1.78. The minimum Gasteiger partial charge on any atom is -0.354 e. The second-order valence-electron chi connectivity index (χ2n) is 4.54. The maximum atomic E-state index is 11.6. The Morgan fingerprint density at radius 3 is 3.12 bits per heavy atom. The number of amides is 1. The molecule has 1 amide bonds. The van der Waals surface area contributed by atoms with Crippen LogP contribution in [0.3, 0.4) is 0 Å². The number of nitrogens with one attached hydrogen (secondary N) is 1. The van der Waals surface area contributed by atoms with Crippen LogP contribution in [-0.4, -0.2) is 26.6 Å². The molecule has 0 saturated heterocycles. The molecule has 0 radical (unpaired) electrons. The van der Waals surface area contributed by atoms with Crippen molar-refractivity contribution in [3.05, 3.63) is 24.7 Å². The van der Waals surface area contributed by atoms with Gasteiger partial charge in [0, 0.05) is 37.5 Å². The van der Waals surface area contributed by atoms with Gasteiger partial charge in [0.05, 0.1) is 6.20 Å². The third-order valence-corrected chi connectivity index (χ3v) is 3.46. The maximum Gasteiger partial charge on any atom is 0.223 e. The number of nitrogens with zero attached hydrogens (tertiary/aromatic N) is 3. The molecule has 0 atom stereocenters. The van der Waals surface area contributed by atoms with Crippen LogP contribution in [0.2, 0.25) is 0 Å². The first-order valence-electron chi connectivity index (χ1n) is 6.11. The highest BCUT2D eigenvalue weighted by atomic mass is 16.1. The second kappa shape index (κ2) is 4.24. The van der Waals surface area contributed by atoms with Crippen LogP contribution >= 0.6 is 0 Å². The first-order chi connectivity index (χ1) is 8.34. The van der Waals surface area contributed by atoms with Crippen molar-refractivity contribution >= 4 is 11.6 Å². The van der Waals surface area contributed by atoms with Crippen molar-refractivity contribution in [2.24, 2.45) is 5.92 Å². The summed E-state index contributed by atoms with van der Waals surface area (Å²) in [4.78, 5) is 11.6. The summed E-state index contributed by atoms with van der Waals surface area (Å²) >= 11 is 0. The lowest BCUT2D eigenvalue weighted by Crippen LogP contribution is -2.36. The van der Waals surface area contributed by atoms with Gasteiger partial charge in [0.25, 0.3) is 0 Å². The summed E-state index contributed by atoms with van der Waals surface area (Å²) in [5.74, 6) is 0.489. The summed E-state index contributed by atoms with van der Waals surface area (Å²) in [6.07, 6.45) is 9.00. The first-order valence-corrected chi connectivity index (χ1v) is 6.11. The van der Waals surface area contributed by atoms with Crippen molar-refractivity contribution in [3.8, 4) is 0 Å². The van der Waals surface area contributed by atoms with Gasteiger partial charge in [-0.05, 0) is 12.8 Å². The van der Waals surface area contributed by atoms with Gasteiger partial charge in [-0.15, -0.1) is 0 Å². The van der Waals surface area contributed by atoms with Crippen LogP contribution < -0.4 is 5.32 Å². The van der Waals surface area contributed by atoms with Gasteiger partial charge in [0.2, 0.25) is 5.91 Å². The van der Waals surface area contributed by atoms with Gasteiger partial charge in [-0.3, -0.25) is 4.79 Å². The summed E-state index contributed by atoms with van der Waals surface area (Å²) in [5.41, 5.74) is 1.06. The average Bonchev–Trinajstić information content (AvgIpc) is 2.79. The van der Waals surface area contributed by atoms with Crippen molar-refractivity contribution < 1.29 is 4.79 Å². The number of rotatable bonds is 4. The lowest BCUT2D eigenvalue weighted by molar-refractivity contribution is -0.127. The molecular weight excluding hydrogens is 216 g/mol. The molecule has 0 aliphatic heterocycles. The molecule has 5 heteroatoms. The number of hydrogen-bond acceptors (Lipinski definition) is 2. The van der Waals surface area contributed by atoms with Crippen LogP contribution in [0.4, 0.5) is 0 Å². The van der Waals surface area contributed by atoms with Crippen molar-refractivity contribution in [1.29, 1.82) is 0 Å². The molecule has 5 nitrogen and oxygen atoms in total. The predicted molar refractivity (Wildman–Crippen MR) is 63.5 cm³/mol. The van der Waals surface area contributed by atoms with Crippen molar-refractivity contribution in [2.75, 3.05) is 6.54 Å². The predicted octanol–water partition coefficient (Wildman–Crippen LogP) is 1.05. The van der Waals surface area contributed by atoms with Crippen molar-refractivity contribution in [1.82, 2.24) is 19.5 Å². The monoisotopic (exact) mass is 232 g/mol. The molecule has 2 heterocycles. The summed E-state index contributed by atoms with van der Waals surface area (Å²) in [6.45, 7) is 1.48. The minimum absolute atomic E-state index is 0.216. The largest absolute Gasteiger partial charge is 0.354 e. The van der Waals surface area contributed by atoms with Gasteiger partial charge < -0.3 is 9.88 Å². The Balaban J connectivity index is 1.54. The molecule has 2 aromatic rings. The molecule has 0 spiro atoms. The standard InChI is InChI=1S/C12H16N4O/c17-12(10-2-1-3-10)13-6-7-15-8-9-16-11(15)4-5-14-16/h4-5,8-10H,1-3,6-7H2,(H,13,17). The molecule has 90 valence electrons. The van der Waals surface area contributed by atoms with Gasteiger partial charge in [-0.1, -0.05) is 6.42 Å². The van der Waals surface area contributed by atoms with E-state index < -0.39 is 0 Å². The Morgan fingerprint density at radius 1 is 1.47 bits per heavy atom. The fraction of sp³-hybridized carbons (Fsp3) is 0.500. The Morgan fingerprint density at radius 2 is 2.35 bits per heavy atom. The average molecular weight is 232 g/mol. The number of imidazole rings is 1. The Labute approximate surface area is 99.4 Å². The van der Waals surface area contributed by atoms with Gasteiger partial charge in [0.15, 0.2) is 0 Å². The number of carbonyl (C=O) groups is 1. The van der Waals surface area contributed by atoms with E-state index in [1.54, 1.807) is 6.20 Å². The molecule has 3 rings (SSSR count). The van der Waals surface area contributed by atoms with Crippen LogP contribution in [-0.2, 0) is 11.3 Å². The van der Waals surface area contributed by atoms with Gasteiger partial charge in [0.1, 0.15) is 5.65 Å². The van der Waals surface area contributed by atoms with E-state index >= 15 is 0 Å². The van der Waals surface area contributed by atoms with Crippen LogP contribution in [0.25, 0.3) is 5.65 Å². The van der Waals surface area contributed by atoms with E-state index in [2.05, 4.69) is 15.0 Å². The smallest absolute Gasteiger partial charge is 0.223 e. The van der Waals surface area contributed by atoms with Gasteiger partial charge in [-0.2, -0.15) is 5.10 Å². The van der Waals surface area contributed by atoms with Crippen LogP contribution in [0, 0.1) is 5.92 Å². The molecule has 2 aromatic heterocycles. The molecule has 1 N–H and O–H groups in total. The number of carbonyl (C=O) groups excluding carboxylic acids is 1. The van der Waals surface area contributed by atoms with E-state index in [9.17, 15) is 4.79 Å². The lowest BCUT2D eigenvalue weighted by Gasteiger charge is -2.24. The van der Waals surface area contributed by atoms with E-state index in [1.165, 1.54) is 6.42 Å². The molecule has 0 unspecified atom stereocenters. The van der Waals surface area contributed by atoms with Crippen molar-refractivity contribution in [3.63, 3.8) is 0 Å². The summed E-state index contributed by atoms with van der Waals surface area (Å²) in [6, 6.07) is 1.97. The van der Waals surface area contributed by atoms with Gasteiger partial charge in [-0.25, -0.2) is 4.52 Å². The fourth-order valence-corrected chi connectivity index (χ4v) is 2.17. The van der Waals surface area contributed by atoms with Gasteiger partial charge >= 0.3 is 0 Å². The second-order valence-corrected chi connectivity index (χ2v) is 4.54. The van der Waals surface area contributed by atoms with E-state index in [0.717, 1.165) is 25.0 Å². The molecule has 0 aromatic carbocycles. The number of aromatic nitrogens is 3. The van der Waals surface area contributed by atoms with E-state index in [1.807, 2.05) is 23.0 Å². The first kappa shape index (κ1) is 10.4. The highest BCUT2D eigenvalue weighted by molar-refractivity contribution is 5.79. The molecule has 1 fully saturated rings. The molecule has 0 bridgehead atoms. The highest BCUT2D eigenvalue weighted by Gasteiger charge is 2.24. The van der Waals surface area contributed by atoms with E-state index in [0.29, 0.717) is 6.54 Å². The summed E-state index contributed by atoms with van der Waals surface area (Å²) in [7, 11) is 0. The quantitative estimate of drug-likeness (QED) is 0.856. The Kier molecular flexibility index (Phi) is 2.59.